The molecule has 0 saturated heterocycles. The van der Waals surface area contributed by atoms with Gasteiger partial charge < -0.3 is 4.98 Å². The molecule has 0 atom stereocenters. The molecule has 0 aliphatic rings. The van der Waals surface area contributed by atoms with Crippen LogP contribution in [-0.4, -0.2) is 24.9 Å². The Morgan fingerprint density at radius 2 is 2.00 bits per heavy atom. The highest BCUT2D eigenvalue weighted by Gasteiger charge is 2.16. The summed E-state index contributed by atoms with van der Waals surface area (Å²) in [6.45, 7) is 3.56. The smallest absolute Gasteiger partial charge is 0.178 e. The average molecular weight is 279 g/mol. The van der Waals surface area contributed by atoms with Crippen molar-refractivity contribution in [3.8, 4) is 0 Å². The van der Waals surface area contributed by atoms with Crippen LogP contribution in [0.1, 0.15) is 37.0 Å². The maximum absolute atomic E-state index is 12.0. The Labute approximate surface area is 112 Å². The highest BCUT2D eigenvalue weighted by molar-refractivity contribution is 7.91. The Hall–Kier alpha value is -1.62. The summed E-state index contributed by atoms with van der Waals surface area (Å²) in [5.74, 6) is 0.0982. The van der Waals surface area contributed by atoms with E-state index in [-0.39, 0.29) is 16.4 Å². The van der Waals surface area contributed by atoms with Gasteiger partial charge >= 0.3 is 0 Å². The average Bonchev–Trinajstić information content (AvgIpc) is 2.81. The minimum absolute atomic E-state index is 0.0415. The molecule has 0 unspecified atom stereocenters. The van der Waals surface area contributed by atoms with Crippen molar-refractivity contribution in [2.24, 2.45) is 0 Å². The predicted octanol–water partition coefficient (Wildman–Crippen LogP) is 2.94. The topological polar surface area (TPSA) is 67.0 Å². The maximum atomic E-state index is 12.0. The number of rotatable bonds is 5. The van der Waals surface area contributed by atoms with Crippen molar-refractivity contribution in [1.82, 2.24) is 4.98 Å². The lowest BCUT2D eigenvalue weighted by atomic mass is 10.1. The van der Waals surface area contributed by atoms with Crippen molar-refractivity contribution in [2.45, 2.75) is 31.6 Å². The number of nitrogens with one attached hydrogen (secondary N) is 1. The van der Waals surface area contributed by atoms with Gasteiger partial charge in [-0.2, -0.15) is 0 Å². The third-order valence-corrected chi connectivity index (χ3v) is 4.90. The molecule has 2 aromatic rings. The molecule has 102 valence electrons. The van der Waals surface area contributed by atoms with Gasteiger partial charge in [-0.15, -0.1) is 0 Å². The van der Waals surface area contributed by atoms with Crippen LogP contribution in [-0.2, 0) is 9.84 Å². The van der Waals surface area contributed by atoms with Gasteiger partial charge in [0.15, 0.2) is 15.6 Å². The number of sulfone groups is 1. The minimum Gasteiger partial charge on any atom is -0.360 e. The van der Waals surface area contributed by atoms with E-state index in [0.29, 0.717) is 17.4 Å². The van der Waals surface area contributed by atoms with Crippen LogP contribution in [0.5, 0.6) is 0 Å². The normalized spacial score (nSPS) is 11.9. The van der Waals surface area contributed by atoms with Gasteiger partial charge in [-0.3, -0.25) is 4.79 Å². The van der Waals surface area contributed by atoms with Crippen LogP contribution in [0.3, 0.4) is 0 Å². The number of hydrogen-bond donors (Lipinski definition) is 1. The van der Waals surface area contributed by atoms with Crippen LogP contribution in [0.4, 0.5) is 0 Å². The Morgan fingerprint density at radius 1 is 1.26 bits per heavy atom. The van der Waals surface area contributed by atoms with Gasteiger partial charge in [-0.05, 0) is 24.6 Å². The first-order valence-electron chi connectivity index (χ1n) is 6.36. The van der Waals surface area contributed by atoms with Crippen molar-refractivity contribution in [1.29, 1.82) is 0 Å². The summed E-state index contributed by atoms with van der Waals surface area (Å²) < 4.78 is 23.8. The molecular formula is C14H17NO3S. The van der Waals surface area contributed by atoms with Crippen molar-refractivity contribution in [3.05, 3.63) is 30.0 Å². The van der Waals surface area contributed by atoms with Crippen molar-refractivity contribution in [2.75, 3.05) is 5.75 Å². The molecule has 0 saturated carbocycles. The molecule has 0 bridgehead atoms. The van der Waals surface area contributed by atoms with Crippen LogP contribution < -0.4 is 0 Å². The van der Waals surface area contributed by atoms with E-state index in [1.165, 1.54) is 0 Å². The van der Waals surface area contributed by atoms with Gasteiger partial charge in [0.2, 0.25) is 0 Å². The number of fused-ring (bicyclic) bond motifs is 1. The van der Waals surface area contributed by atoms with E-state index < -0.39 is 9.84 Å². The lowest BCUT2D eigenvalue weighted by molar-refractivity contribution is 0.0983. The molecule has 19 heavy (non-hydrogen) atoms. The first kappa shape index (κ1) is 13.8. The fourth-order valence-electron chi connectivity index (χ4n) is 2.05. The molecule has 0 fully saturated rings. The van der Waals surface area contributed by atoms with Crippen molar-refractivity contribution >= 4 is 26.5 Å². The van der Waals surface area contributed by atoms with Crippen molar-refractivity contribution in [3.63, 3.8) is 0 Å². The zero-order valence-electron chi connectivity index (χ0n) is 11.1. The van der Waals surface area contributed by atoms with Gasteiger partial charge in [0.1, 0.15) is 0 Å². The SMILES string of the molecule is CCCC(=O)c1c[nH]c2ccc(S(=O)(=O)CC)cc12. The second kappa shape index (κ2) is 5.17. The molecule has 0 aliphatic heterocycles. The molecule has 0 aliphatic carbocycles. The minimum atomic E-state index is -3.25. The number of ketones is 1. The van der Waals surface area contributed by atoms with Crippen LogP contribution in [0.2, 0.25) is 0 Å². The molecule has 0 spiro atoms. The maximum Gasteiger partial charge on any atom is 0.178 e. The number of carbonyl (C=O) groups is 1. The second-order valence-electron chi connectivity index (χ2n) is 4.49. The van der Waals surface area contributed by atoms with Crippen LogP contribution in [0, 0.1) is 0 Å². The predicted molar refractivity (Wildman–Crippen MR) is 75.3 cm³/mol. The number of Topliss-reactive ketones (excluding diaryl/α,β-unsaturated/α-hetero) is 1. The largest absolute Gasteiger partial charge is 0.360 e. The Kier molecular flexibility index (Phi) is 3.75. The zero-order chi connectivity index (χ0) is 14.0. The quantitative estimate of drug-likeness (QED) is 0.856. The highest BCUT2D eigenvalue weighted by atomic mass is 32.2. The fraction of sp³-hybridized carbons (Fsp3) is 0.357. The number of benzene rings is 1. The molecule has 1 N–H and O–H groups in total. The van der Waals surface area contributed by atoms with Crippen LogP contribution >= 0.6 is 0 Å². The lowest BCUT2D eigenvalue weighted by Crippen LogP contribution is -2.03. The van der Waals surface area contributed by atoms with E-state index in [1.54, 1.807) is 31.3 Å². The molecular weight excluding hydrogens is 262 g/mol. The highest BCUT2D eigenvalue weighted by Crippen LogP contribution is 2.24. The van der Waals surface area contributed by atoms with E-state index in [9.17, 15) is 13.2 Å². The summed E-state index contributed by atoms with van der Waals surface area (Å²) in [6, 6.07) is 4.87. The van der Waals surface area contributed by atoms with E-state index >= 15 is 0 Å². The molecule has 0 amide bonds. The zero-order valence-corrected chi connectivity index (χ0v) is 11.9. The van der Waals surface area contributed by atoms with E-state index in [0.717, 1.165) is 11.9 Å². The van der Waals surface area contributed by atoms with E-state index in [2.05, 4.69) is 4.98 Å². The monoisotopic (exact) mass is 279 g/mol. The molecule has 1 aromatic heterocycles. The molecule has 1 aromatic carbocycles. The summed E-state index contributed by atoms with van der Waals surface area (Å²) in [5, 5.41) is 0.688. The van der Waals surface area contributed by atoms with Crippen LogP contribution in [0.15, 0.2) is 29.3 Å². The standard InChI is InChI=1S/C14H17NO3S/c1-3-5-14(16)12-9-15-13-7-6-10(8-11(12)13)19(17,18)4-2/h6-9,15H,3-5H2,1-2H3. The Balaban J connectivity index is 2.58. The lowest BCUT2D eigenvalue weighted by Gasteiger charge is -2.02. The number of H-pyrrole nitrogens is 1. The van der Waals surface area contributed by atoms with Gasteiger partial charge in [-0.1, -0.05) is 13.8 Å². The molecule has 0 radical (unpaired) electrons. The number of carbonyl (C=O) groups excluding carboxylic acids is 1. The summed E-state index contributed by atoms with van der Waals surface area (Å²) >= 11 is 0. The van der Waals surface area contributed by atoms with E-state index in [4.69, 9.17) is 0 Å². The van der Waals surface area contributed by atoms with Crippen molar-refractivity contribution < 1.29 is 13.2 Å². The van der Waals surface area contributed by atoms with Crippen LogP contribution in [0.25, 0.3) is 10.9 Å². The summed E-state index contributed by atoms with van der Waals surface area (Å²) in [5.41, 5.74) is 1.36. The first-order chi connectivity index (χ1) is 8.99. The summed E-state index contributed by atoms with van der Waals surface area (Å²) in [4.78, 5) is 15.3. The number of hydrogen-bond acceptors (Lipinski definition) is 3. The first-order valence-corrected chi connectivity index (χ1v) is 8.02. The molecule has 1 heterocycles. The van der Waals surface area contributed by atoms with Gasteiger partial charge in [0.25, 0.3) is 0 Å². The van der Waals surface area contributed by atoms with Gasteiger partial charge in [0.05, 0.1) is 10.6 Å². The number of aromatic amines is 1. The molecule has 5 heteroatoms. The molecule has 2 rings (SSSR count). The summed E-state index contributed by atoms with van der Waals surface area (Å²) in [7, 11) is -3.25. The Bertz CT molecular complexity index is 713. The third-order valence-electron chi connectivity index (χ3n) is 3.17. The fourth-order valence-corrected chi connectivity index (χ4v) is 2.96. The summed E-state index contributed by atoms with van der Waals surface area (Å²) in [6.07, 6.45) is 2.90. The Morgan fingerprint density at radius 3 is 2.63 bits per heavy atom. The van der Waals surface area contributed by atoms with E-state index in [1.807, 2.05) is 6.92 Å². The second-order valence-corrected chi connectivity index (χ2v) is 6.76. The van der Waals surface area contributed by atoms with Gasteiger partial charge in [0, 0.05) is 29.1 Å². The van der Waals surface area contributed by atoms with Gasteiger partial charge in [-0.25, -0.2) is 8.42 Å². The molecule has 4 nitrogen and oxygen atoms in total. The number of aromatic nitrogens is 1. The third kappa shape index (κ3) is 2.56.